The quantitative estimate of drug-likeness (QED) is 0.115. The summed E-state index contributed by atoms with van der Waals surface area (Å²) in [5, 5.41) is 45.1. The van der Waals surface area contributed by atoms with Gasteiger partial charge < -0.3 is 60.5 Å². The van der Waals surface area contributed by atoms with Crippen molar-refractivity contribution in [1.82, 2.24) is 10.6 Å². The first-order valence-corrected chi connectivity index (χ1v) is 12.5. The Labute approximate surface area is 220 Å². The second kappa shape index (κ2) is 14.4. The molecule has 0 aromatic rings. The molecule has 3 saturated heterocycles. The minimum atomic E-state index is -1.29. The molecule has 0 radical (unpaired) electrons. The van der Waals surface area contributed by atoms with E-state index in [4.69, 9.17) is 18.9 Å². The zero-order valence-electron chi connectivity index (χ0n) is 22.3. The number of nitrogens with one attached hydrogen (secondary N) is 2. The summed E-state index contributed by atoms with van der Waals surface area (Å²) >= 11 is 0. The molecular formula is C23H42N3O12+. The van der Waals surface area contributed by atoms with Crippen LogP contribution in [0.15, 0.2) is 0 Å². The second-order valence-corrected chi connectivity index (χ2v) is 10.1. The third kappa shape index (κ3) is 8.03. The first kappa shape index (κ1) is 32.3. The monoisotopic (exact) mass is 552 g/mol. The number of cyclic esters (lactones) is 2. The number of carbonyl (C=O) groups is 3. The van der Waals surface area contributed by atoms with E-state index in [-0.39, 0.29) is 12.5 Å². The number of alkyl carbamates (subject to hydrolysis) is 1. The zero-order valence-corrected chi connectivity index (χ0v) is 22.3. The Morgan fingerprint density at radius 1 is 1.11 bits per heavy atom. The van der Waals surface area contributed by atoms with Crippen LogP contribution in [-0.4, -0.2) is 120 Å². The summed E-state index contributed by atoms with van der Waals surface area (Å²) in [6, 6.07) is -2.07. The van der Waals surface area contributed by atoms with Crippen LogP contribution in [0.1, 0.15) is 34.1 Å². The third-order valence-electron chi connectivity index (χ3n) is 6.63. The SMILES string of the molecule is CC(C)CC1NC(=O)OC1=O.COC1OC(CO)C(OC2OC(CO)C(C)C(O)C2[NH3+])C(O)C1NC(C)=O. The molecule has 9 N–H and O–H groups in total. The van der Waals surface area contributed by atoms with E-state index in [0.717, 1.165) is 0 Å². The van der Waals surface area contributed by atoms with Gasteiger partial charge in [-0.15, -0.1) is 0 Å². The fourth-order valence-corrected chi connectivity index (χ4v) is 4.51. The molecule has 38 heavy (non-hydrogen) atoms. The summed E-state index contributed by atoms with van der Waals surface area (Å²) in [5.74, 6) is -0.836. The number of rotatable bonds is 8. The Morgan fingerprint density at radius 3 is 2.18 bits per heavy atom. The topological polar surface area (TPSA) is 230 Å². The Hall–Kier alpha value is -1.95. The smallest absolute Gasteiger partial charge is 0.394 e. The van der Waals surface area contributed by atoms with Gasteiger partial charge in [0.2, 0.25) is 12.2 Å². The number of esters is 1. The van der Waals surface area contributed by atoms with Crippen molar-refractivity contribution < 1.29 is 64.2 Å². The van der Waals surface area contributed by atoms with Crippen LogP contribution in [0.2, 0.25) is 0 Å². The van der Waals surface area contributed by atoms with Gasteiger partial charge in [0.25, 0.3) is 0 Å². The summed E-state index contributed by atoms with van der Waals surface area (Å²) in [5.41, 5.74) is 3.86. The fraction of sp³-hybridized carbons (Fsp3) is 0.870. The van der Waals surface area contributed by atoms with Crippen molar-refractivity contribution in [3.05, 3.63) is 0 Å². The highest BCUT2D eigenvalue weighted by atomic mass is 16.7. The minimum absolute atomic E-state index is 0.321. The molecule has 2 amide bonds. The summed E-state index contributed by atoms with van der Waals surface area (Å²) in [6.45, 7) is 6.18. The van der Waals surface area contributed by atoms with Gasteiger partial charge in [-0.05, 0) is 12.3 Å². The predicted octanol–water partition coefficient (Wildman–Crippen LogP) is -3.41. The molecule has 0 saturated carbocycles. The van der Waals surface area contributed by atoms with Gasteiger partial charge in [-0.2, -0.15) is 0 Å². The second-order valence-electron chi connectivity index (χ2n) is 10.1. The number of ether oxygens (including phenoxy) is 5. The molecular weight excluding hydrogens is 510 g/mol. The number of hydrogen-bond acceptors (Lipinski definition) is 12. The van der Waals surface area contributed by atoms with Gasteiger partial charge in [0, 0.05) is 20.0 Å². The number of carbonyl (C=O) groups excluding carboxylic acids is 3. The van der Waals surface area contributed by atoms with Crippen molar-refractivity contribution in [1.29, 1.82) is 0 Å². The van der Waals surface area contributed by atoms with E-state index in [1.165, 1.54) is 14.0 Å². The van der Waals surface area contributed by atoms with Gasteiger partial charge >= 0.3 is 12.1 Å². The summed E-state index contributed by atoms with van der Waals surface area (Å²) in [4.78, 5) is 32.8. The lowest BCUT2D eigenvalue weighted by Gasteiger charge is -2.46. The number of aliphatic hydroxyl groups is 4. The zero-order chi connectivity index (χ0) is 28.7. The number of amides is 2. The van der Waals surface area contributed by atoms with Crippen LogP contribution in [0.5, 0.6) is 0 Å². The lowest BCUT2D eigenvalue weighted by molar-refractivity contribution is -0.504. The highest BCUT2D eigenvalue weighted by Gasteiger charge is 2.51. The summed E-state index contributed by atoms with van der Waals surface area (Å²) in [6.07, 6.45) is -6.93. The molecule has 0 spiro atoms. The minimum Gasteiger partial charge on any atom is -0.394 e. The molecule has 3 fully saturated rings. The van der Waals surface area contributed by atoms with Crippen molar-refractivity contribution in [3.8, 4) is 0 Å². The van der Waals surface area contributed by atoms with Crippen molar-refractivity contribution in [2.24, 2.45) is 11.8 Å². The lowest BCUT2D eigenvalue weighted by Crippen LogP contribution is -2.77. The number of hydrogen-bond donors (Lipinski definition) is 7. The molecule has 0 aromatic heterocycles. The summed E-state index contributed by atoms with van der Waals surface area (Å²) in [7, 11) is 1.35. The normalized spacial score (nSPS) is 39.2. The average Bonchev–Trinajstić information content (AvgIpc) is 3.17. The van der Waals surface area contributed by atoms with E-state index >= 15 is 0 Å². The van der Waals surface area contributed by atoms with Gasteiger partial charge in [0.15, 0.2) is 12.3 Å². The molecule has 15 heteroatoms. The fourth-order valence-electron chi connectivity index (χ4n) is 4.51. The molecule has 3 aliphatic heterocycles. The Bertz CT molecular complexity index is 800. The third-order valence-corrected chi connectivity index (χ3v) is 6.63. The molecule has 3 heterocycles. The van der Waals surface area contributed by atoms with E-state index in [1.54, 1.807) is 6.92 Å². The lowest BCUT2D eigenvalue weighted by atomic mass is 9.89. The molecule has 3 aliphatic rings. The van der Waals surface area contributed by atoms with E-state index < -0.39 is 85.8 Å². The molecule has 220 valence electrons. The molecule has 0 aliphatic carbocycles. The van der Waals surface area contributed by atoms with Crippen LogP contribution in [0.4, 0.5) is 4.79 Å². The maximum absolute atomic E-state index is 11.5. The number of quaternary nitrogens is 1. The first-order valence-electron chi connectivity index (χ1n) is 12.5. The first-order chi connectivity index (χ1) is 17.8. The molecule has 0 aromatic carbocycles. The van der Waals surface area contributed by atoms with E-state index in [2.05, 4.69) is 21.1 Å². The van der Waals surface area contributed by atoms with E-state index in [0.29, 0.717) is 12.3 Å². The van der Waals surface area contributed by atoms with E-state index in [9.17, 15) is 34.8 Å². The van der Waals surface area contributed by atoms with Crippen molar-refractivity contribution in [2.75, 3.05) is 20.3 Å². The van der Waals surface area contributed by atoms with Crippen molar-refractivity contribution >= 4 is 18.0 Å². The van der Waals surface area contributed by atoms with E-state index in [1.807, 2.05) is 13.8 Å². The standard InChI is InChI=1S/C16H30N2O9.C7H11NO3/c1-6-8(4-19)25-15(10(17)12(6)22)27-14-9(5-20)26-16(24-3)11(13(14)23)18-7(2)21;1-4(2)3-5-6(9)11-7(10)8-5/h6,8-16,19-20,22-23H,4-5,17H2,1-3H3,(H,18,21);4-5H,3H2,1-2H3,(H,8,10)/p+1. The van der Waals surface area contributed by atoms with Crippen molar-refractivity contribution in [2.45, 2.75) is 95.3 Å². The predicted molar refractivity (Wildman–Crippen MR) is 127 cm³/mol. The van der Waals surface area contributed by atoms with Crippen LogP contribution in [0, 0.1) is 11.8 Å². The summed E-state index contributed by atoms with van der Waals surface area (Å²) < 4.78 is 26.5. The highest BCUT2D eigenvalue weighted by molar-refractivity contribution is 5.95. The van der Waals surface area contributed by atoms with Gasteiger partial charge in [0.05, 0.1) is 19.3 Å². The van der Waals surface area contributed by atoms with Gasteiger partial charge in [-0.1, -0.05) is 20.8 Å². The molecule has 0 bridgehead atoms. The number of aliphatic hydroxyl groups excluding tert-OH is 4. The largest absolute Gasteiger partial charge is 0.415 e. The van der Waals surface area contributed by atoms with Gasteiger partial charge in [-0.25, -0.2) is 9.59 Å². The van der Waals surface area contributed by atoms with Crippen LogP contribution in [0.3, 0.4) is 0 Å². The maximum Gasteiger partial charge on any atom is 0.415 e. The van der Waals surface area contributed by atoms with Gasteiger partial charge in [-0.3, -0.25) is 4.79 Å². The molecule has 11 atom stereocenters. The van der Waals surface area contributed by atoms with Crippen LogP contribution < -0.4 is 16.4 Å². The van der Waals surface area contributed by atoms with Crippen LogP contribution >= 0.6 is 0 Å². The highest BCUT2D eigenvalue weighted by Crippen LogP contribution is 2.30. The molecule has 15 nitrogen and oxygen atoms in total. The van der Waals surface area contributed by atoms with Crippen LogP contribution in [0.25, 0.3) is 0 Å². The van der Waals surface area contributed by atoms with Gasteiger partial charge in [0.1, 0.15) is 36.5 Å². The Balaban J connectivity index is 0.000000384. The Kier molecular flexibility index (Phi) is 12.3. The maximum atomic E-state index is 11.5. The van der Waals surface area contributed by atoms with Crippen molar-refractivity contribution in [3.63, 3.8) is 0 Å². The molecule has 3 rings (SSSR count). The molecule has 11 unspecified atom stereocenters. The average molecular weight is 553 g/mol. The number of methoxy groups -OCH3 is 1. The van der Waals surface area contributed by atoms with Crippen LogP contribution in [-0.2, 0) is 33.3 Å². The Morgan fingerprint density at radius 2 is 1.71 bits per heavy atom.